The van der Waals surface area contributed by atoms with E-state index in [1.165, 1.54) is 7.05 Å². The summed E-state index contributed by atoms with van der Waals surface area (Å²) in [5.74, 6) is 0.453. The van der Waals surface area contributed by atoms with Crippen LogP contribution >= 0.6 is 0 Å². The van der Waals surface area contributed by atoms with Crippen LogP contribution < -0.4 is 10.5 Å². The van der Waals surface area contributed by atoms with E-state index in [4.69, 9.17) is 15.9 Å². The Balaban J connectivity index is 1.79. The predicted octanol–water partition coefficient (Wildman–Crippen LogP) is 3.16. The summed E-state index contributed by atoms with van der Waals surface area (Å²) in [6.07, 6.45) is 1.75. The van der Waals surface area contributed by atoms with Crippen molar-refractivity contribution in [3.05, 3.63) is 53.9 Å². The van der Waals surface area contributed by atoms with Crippen molar-refractivity contribution < 1.29 is 9.53 Å². The number of carbonyl (C=O) groups excluding carboxylic acids is 1. The first-order chi connectivity index (χ1) is 13.9. The van der Waals surface area contributed by atoms with Crippen LogP contribution in [0.4, 0.5) is 0 Å². The fourth-order valence-electron chi connectivity index (χ4n) is 3.01. The van der Waals surface area contributed by atoms with Crippen molar-refractivity contribution in [3.63, 3.8) is 0 Å². The summed E-state index contributed by atoms with van der Waals surface area (Å²) in [4.78, 5) is 23.1. The number of aromatic amines is 1. The molecule has 0 fully saturated rings. The van der Waals surface area contributed by atoms with E-state index in [0.717, 1.165) is 41.0 Å². The van der Waals surface area contributed by atoms with Gasteiger partial charge in [-0.3, -0.25) is 20.0 Å². The predicted molar refractivity (Wildman–Crippen MR) is 113 cm³/mol. The zero-order valence-electron chi connectivity index (χ0n) is 16.9. The molecule has 0 aliphatic rings. The average molecular weight is 394 g/mol. The second-order valence-electron chi connectivity index (χ2n) is 6.75. The number of ether oxygens (including phenoxy) is 1. The van der Waals surface area contributed by atoms with E-state index in [2.05, 4.69) is 28.7 Å². The first kappa shape index (κ1) is 20.3. The number of hydrogen-bond acceptors (Lipinski definition) is 5. The second kappa shape index (κ2) is 8.74. The Labute approximate surface area is 169 Å². The highest BCUT2D eigenvalue weighted by molar-refractivity contribution is 6.05. The minimum absolute atomic E-state index is 0.312. The molecule has 2 heterocycles. The van der Waals surface area contributed by atoms with Crippen molar-refractivity contribution in [2.45, 2.75) is 20.4 Å². The first-order valence-electron chi connectivity index (χ1n) is 9.51. The zero-order valence-corrected chi connectivity index (χ0v) is 16.9. The number of H-pyrrole nitrogens is 1. The van der Waals surface area contributed by atoms with Crippen molar-refractivity contribution >= 4 is 22.8 Å². The molecule has 4 N–H and O–H groups in total. The Morgan fingerprint density at radius 3 is 2.66 bits per heavy atom. The van der Waals surface area contributed by atoms with Gasteiger partial charge in [-0.2, -0.15) is 0 Å². The molecule has 1 aromatic carbocycles. The van der Waals surface area contributed by atoms with Crippen LogP contribution in [0.3, 0.4) is 0 Å². The molecule has 8 heteroatoms. The lowest BCUT2D eigenvalue weighted by Crippen LogP contribution is -2.38. The van der Waals surface area contributed by atoms with Crippen molar-refractivity contribution in [3.8, 4) is 11.6 Å². The van der Waals surface area contributed by atoms with E-state index in [-0.39, 0.29) is 11.9 Å². The molecule has 0 aliphatic heterocycles. The maximum atomic E-state index is 12.3. The Morgan fingerprint density at radius 1 is 1.21 bits per heavy atom. The van der Waals surface area contributed by atoms with E-state index >= 15 is 0 Å². The first-order valence-corrected chi connectivity index (χ1v) is 9.51. The molecule has 0 saturated carbocycles. The number of pyridine rings is 1. The van der Waals surface area contributed by atoms with Gasteiger partial charge >= 0.3 is 0 Å². The number of guanidine groups is 1. The highest BCUT2D eigenvalue weighted by atomic mass is 16.5. The zero-order chi connectivity index (χ0) is 21.0. The number of fused-ring (bicyclic) bond motifs is 1. The Morgan fingerprint density at radius 2 is 1.97 bits per heavy atom. The number of benzene rings is 1. The van der Waals surface area contributed by atoms with Crippen LogP contribution in [0, 0.1) is 5.41 Å². The molecule has 0 aliphatic carbocycles. The number of amides is 1. The summed E-state index contributed by atoms with van der Waals surface area (Å²) in [7, 11) is 1.46. The van der Waals surface area contributed by atoms with Crippen LogP contribution in [0.5, 0.6) is 11.6 Å². The summed E-state index contributed by atoms with van der Waals surface area (Å²) in [6.45, 7) is 7.09. The molecule has 0 saturated heterocycles. The molecule has 152 valence electrons. The normalized spacial score (nSPS) is 11.0. The number of nitrogens with one attached hydrogen (secondary N) is 2. The quantitative estimate of drug-likeness (QED) is 0.421. The van der Waals surface area contributed by atoms with Gasteiger partial charge in [-0.25, -0.2) is 4.98 Å². The number of rotatable bonds is 7. The molecule has 3 aromatic rings. The molecular formula is C21H26N6O2. The van der Waals surface area contributed by atoms with Crippen LogP contribution in [-0.2, 0) is 6.54 Å². The minimum Gasteiger partial charge on any atom is -0.439 e. The van der Waals surface area contributed by atoms with Crippen molar-refractivity contribution in [1.82, 2.24) is 19.8 Å². The Bertz CT molecular complexity index is 1020. The fraction of sp³-hybridized carbons (Fsp3) is 0.286. The third-order valence-electron chi connectivity index (χ3n) is 4.81. The van der Waals surface area contributed by atoms with Gasteiger partial charge < -0.3 is 15.5 Å². The molecule has 8 nitrogen and oxygen atoms in total. The number of nitrogens with two attached hydrogens (primary N) is 1. The highest BCUT2D eigenvalue weighted by Crippen LogP contribution is 2.26. The van der Waals surface area contributed by atoms with E-state index in [9.17, 15) is 4.79 Å². The third kappa shape index (κ3) is 4.72. The molecule has 0 spiro atoms. The molecule has 3 rings (SSSR count). The van der Waals surface area contributed by atoms with Crippen LogP contribution in [0.1, 0.15) is 29.9 Å². The van der Waals surface area contributed by atoms with Crippen LogP contribution in [0.2, 0.25) is 0 Å². The molecule has 2 aromatic heterocycles. The summed E-state index contributed by atoms with van der Waals surface area (Å²) in [6, 6.07) is 11.2. The highest BCUT2D eigenvalue weighted by Gasteiger charge is 2.16. The minimum atomic E-state index is -0.373. The van der Waals surface area contributed by atoms with Gasteiger partial charge in [0.15, 0.2) is 5.96 Å². The molecule has 0 atom stereocenters. The third-order valence-corrected chi connectivity index (χ3v) is 4.81. The summed E-state index contributed by atoms with van der Waals surface area (Å²) < 4.78 is 5.93. The van der Waals surface area contributed by atoms with Gasteiger partial charge in [0, 0.05) is 42.8 Å². The van der Waals surface area contributed by atoms with Gasteiger partial charge in [0.05, 0.1) is 0 Å². The lowest BCUT2D eigenvalue weighted by atomic mass is 10.2. The fourth-order valence-corrected chi connectivity index (χ4v) is 3.01. The van der Waals surface area contributed by atoms with Gasteiger partial charge in [0.1, 0.15) is 11.4 Å². The maximum Gasteiger partial charge on any atom is 0.276 e. The standard InChI is InChI=1S/C21H26N6O2/c1-4-27(5-2)13-14-8-9-24-19(10-14)29-16-7-6-15-11-18(25-17(15)12-16)20(28)26(3)21(22)23/h6-12,25H,4-5,13H2,1-3H3,(H3,22,23). The SMILES string of the molecule is CCN(CC)Cc1ccnc(Oc2ccc3cc(C(=O)N(C)C(=N)N)[nH]c3c2)c1. The second-order valence-corrected chi connectivity index (χ2v) is 6.75. The molecular weight excluding hydrogens is 368 g/mol. The Hall–Kier alpha value is -3.39. The number of aromatic nitrogens is 2. The number of nitrogens with zero attached hydrogens (tertiary/aromatic N) is 3. The van der Waals surface area contributed by atoms with Crippen LogP contribution in [0.15, 0.2) is 42.6 Å². The maximum absolute atomic E-state index is 12.3. The smallest absolute Gasteiger partial charge is 0.276 e. The van der Waals surface area contributed by atoms with Gasteiger partial charge in [0.25, 0.3) is 5.91 Å². The summed E-state index contributed by atoms with van der Waals surface area (Å²) in [5.41, 5.74) is 7.63. The summed E-state index contributed by atoms with van der Waals surface area (Å²) >= 11 is 0. The number of hydrogen-bond donors (Lipinski definition) is 3. The van der Waals surface area contributed by atoms with Crippen LogP contribution in [-0.4, -0.2) is 51.8 Å². The van der Waals surface area contributed by atoms with Gasteiger partial charge in [-0.1, -0.05) is 13.8 Å². The van der Waals surface area contributed by atoms with Crippen LogP contribution in [0.25, 0.3) is 10.9 Å². The lowest BCUT2D eigenvalue weighted by molar-refractivity contribution is 0.0864. The van der Waals surface area contributed by atoms with Crippen molar-refractivity contribution in [2.75, 3.05) is 20.1 Å². The molecule has 1 amide bonds. The van der Waals surface area contributed by atoms with E-state index in [1.54, 1.807) is 12.3 Å². The average Bonchev–Trinajstić information content (AvgIpc) is 3.14. The number of carbonyl (C=O) groups is 1. The Kier molecular flexibility index (Phi) is 6.13. The molecule has 0 unspecified atom stereocenters. The topological polar surface area (TPSA) is 111 Å². The monoisotopic (exact) mass is 394 g/mol. The summed E-state index contributed by atoms with van der Waals surface area (Å²) in [5, 5.41) is 8.26. The van der Waals surface area contributed by atoms with Gasteiger partial charge in [-0.15, -0.1) is 0 Å². The lowest BCUT2D eigenvalue weighted by Gasteiger charge is -2.18. The largest absolute Gasteiger partial charge is 0.439 e. The van der Waals surface area contributed by atoms with E-state index in [0.29, 0.717) is 17.3 Å². The van der Waals surface area contributed by atoms with Crippen molar-refractivity contribution in [2.24, 2.45) is 5.73 Å². The molecule has 29 heavy (non-hydrogen) atoms. The van der Waals surface area contributed by atoms with Crippen molar-refractivity contribution in [1.29, 1.82) is 5.41 Å². The van der Waals surface area contributed by atoms with E-state index in [1.807, 2.05) is 30.3 Å². The van der Waals surface area contributed by atoms with Gasteiger partial charge in [-0.05, 0) is 42.9 Å². The molecule has 0 bridgehead atoms. The molecule has 0 radical (unpaired) electrons. The van der Waals surface area contributed by atoms with E-state index < -0.39 is 0 Å². The van der Waals surface area contributed by atoms with Gasteiger partial charge in [0.2, 0.25) is 5.88 Å².